The van der Waals surface area contributed by atoms with Gasteiger partial charge in [0.2, 0.25) is 0 Å². The van der Waals surface area contributed by atoms with Gasteiger partial charge in [0, 0.05) is 0 Å². The number of fused-ring (bicyclic) bond motifs is 3. The second-order valence-corrected chi connectivity index (χ2v) is 31.9. The van der Waals surface area contributed by atoms with E-state index in [2.05, 4.69) is 87.6 Å². The van der Waals surface area contributed by atoms with Crippen molar-refractivity contribution in [2.75, 3.05) is 0 Å². The molecule has 0 radical (unpaired) electrons. The zero-order valence-electron chi connectivity index (χ0n) is 17.1. The fourth-order valence-electron chi connectivity index (χ4n) is 4.86. The van der Waals surface area contributed by atoms with E-state index in [1.165, 1.54) is 24.0 Å². The van der Waals surface area contributed by atoms with E-state index in [-0.39, 0.29) is 30.3 Å². The number of halogens is 2. The summed E-state index contributed by atoms with van der Waals surface area (Å²) in [7, 11) is 0. The van der Waals surface area contributed by atoms with E-state index in [4.69, 9.17) is 0 Å². The van der Waals surface area contributed by atoms with Gasteiger partial charge < -0.3 is 24.8 Å². The Morgan fingerprint density at radius 1 is 0.857 bits per heavy atom. The standard InChI is InChI=1S/C13H9.C9H13.C2H6Si.2ClH.Hf/c1-3-7-12-10(5-1)9-11-6-2-4-8-13(11)12;1-3-8-5-6-9(4-2)7-8;1-3-2;;;/h1-9H;5-6,8H,3-4H2,1-2H3;1-2H3;2*1H;/q;;;;;+2/p-2. The van der Waals surface area contributed by atoms with Crippen molar-refractivity contribution in [3.8, 4) is 11.1 Å². The molecule has 28 heavy (non-hydrogen) atoms. The van der Waals surface area contributed by atoms with E-state index in [0.29, 0.717) is 0 Å². The third-order valence-electron chi connectivity index (χ3n) is 6.02. The average Bonchev–Trinajstić information content (AvgIpc) is 3.22. The summed E-state index contributed by atoms with van der Waals surface area (Å²) in [6.45, 7) is 9.96. The van der Waals surface area contributed by atoms with Gasteiger partial charge in [-0.15, -0.1) is 0 Å². The number of benzene rings is 2. The molecule has 4 rings (SSSR count). The molecule has 146 valence electrons. The Balaban J connectivity index is 0.00000140. The summed E-state index contributed by atoms with van der Waals surface area (Å²) in [6.07, 6.45) is 7.48. The first-order valence-corrected chi connectivity index (χ1v) is 21.7. The molecule has 0 bridgehead atoms. The predicted molar refractivity (Wildman–Crippen MR) is 111 cm³/mol. The first kappa shape index (κ1) is 23.9. The number of rotatable bonds is 4. The van der Waals surface area contributed by atoms with Crippen molar-refractivity contribution in [2.45, 2.75) is 43.5 Å². The molecule has 2 aromatic carbocycles. The van der Waals surface area contributed by atoms with Crippen LogP contribution in [0.2, 0.25) is 13.1 Å². The Bertz CT molecular complexity index is 909. The van der Waals surface area contributed by atoms with Crippen molar-refractivity contribution in [1.29, 1.82) is 0 Å². The summed E-state index contributed by atoms with van der Waals surface area (Å²) in [5.41, 5.74) is 7.72. The van der Waals surface area contributed by atoms with Gasteiger partial charge in [-0.3, -0.25) is 0 Å². The van der Waals surface area contributed by atoms with Crippen LogP contribution in [0.5, 0.6) is 0 Å². The molecule has 2 aliphatic rings. The van der Waals surface area contributed by atoms with Gasteiger partial charge in [0.05, 0.1) is 0 Å². The van der Waals surface area contributed by atoms with Crippen LogP contribution in [0, 0.1) is 5.92 Å². The van der Waals surface area contributed by atoms with Crippen LogP contribution in [0.1, 0.15) is 41.5 Å². The maximum absolute atomic E-state index is 2.61. The number of hydrogen-bond acceptors (Lipinski definition) is 0. The minimum absolute atomic E-state index is 0. The van der Waals surface area contributed by atoms with E-state index < -0.39 is 20.1 Å². The topological polar surface area (TPSA) is 0 Å². The molecule has 0 N–H and O–H groups in total. The van der Waals surface area contributed by atoms with Crippen molar-refractivity contribution in [2.24, 2.45) is 5.92 Å². The van der Waals surface area contributed by atoms with E-state index in [0.717, 1.165) is 9.59 Å². The van der Waals surface area contributed by atoms with Gasteiger partial charge in [0.15, 0.2) is 0 Å². The second kappa shape index (κ2) is 10.1. The molecule has 1 atom stereocenters. The van der Waals surface area contributed by atoms with Gasteiger partial charge in [-0.1, -0.05) is 0 Å². The third-order valence-corrected chi connectivity index (χ3v) is 32.2. The van der Waals surface area contributed by atoms with Crippen LogP contribution < -0.4 is 24.8 Å². The summed E-state index contributed by atoms with van der Waals surface area (Å²) >= 11 is -2.07. The molecule has 0 heterocycles. The van der Waals surface area contributed by atoms with Crippen LogP contribution in [-0.4, -0.2) is 5.49 Å². The van der Waals surface area contributed by atoms with Crippen LogP contribution in [0.15, 0.2) is 69.6 Å². The molecule has 1 unspecified atom stereocenters. The molecule has 0 aliphatic heterocycles. The smallest absolute Gasteiger partial charge is 1.00 e. The molecular weight excluding hydrogens is 566 g/mol. The summed E-state index contributed by atoms with van der Waals surface area (Å²) in [5.74, 6) is 0.729. The molecule has 2 aliphatic carbocycles. The van der Waals surface area contributed by atoms with Gasteiger partial charge in [-0.2, -0.15) is 0 Å². The van der Waals surface area contributed by atoms with Crippen LogP contribution in [0.3, 0.4) is 0 Å². The van der Waals surface area contributed by atoms with Gasteiger partial charge in [0.25, 0.3) is 0 Å². The molecule has 0 saturated heterocycles. The predicted octanol–water partition coefficient (Wildman–Crippen LogP) is 0.894. The van der Waals surface area contributed by atoms with Crippen LogP contribution in [0.4, 0.5) is 0 Å². The fraction of sp³-hybridized carbons (Fsp3) is 0.333. The molecule has 0 fully saturated rings. The first-order chi connectivity index (χ1) is 12.7. The van der Waals surface area contributed by atoms with E-state index in [1.807, 2.05) is 3.33 Å². The minimum atomic E-state index is -2.07. The second-order valence-electron chi connectivity index (χ2n) is 7.69. The molecule has 0 amide bonds. The monoisotopic (exact) mass is 594 g/mol. The molecule has 4 heteroatoms. The number of hydrogen-bond donors (Lipinski definition) is 0. The largest absolute Gasteiger partial charge is 1.00 e. The van der Waals surface area contributed by atoms with Crippen LogP contribution >= 0.6 is 0 Å². The van der Waals surface area contributed by atoms with Crippen molar-refractivity contribution >= 4 is 5.49 Å². The molecule has 0 nitrogen and oxygen atoms in total. The Hall–Kier alpha value is -0.413. The third kappa shape index (κ3) is 3.95. The molecule has 0 aromatic heterocycles. The van der Waals surface area contributed by atoms with Crippen molar-refractivity contribution in [1.82, 2.24) is 0 Å². The minimum Gasteiger partial charge on any atom is -1.00 e. The summed E-state index contributed by atoms with van der Waals surface area (Å²) in [4.78, 5) is 0. The van der Waals surface area contributed by atoms with E-state index >= 15 is 0 Å². The normalized spacial score (nSPS) is 16.6. The maximum atomic E-state index is 2.61. The van der Waals surface area contributed by atoms with Crippen LogP contribution in [-0.2, 0) is 20.1 Å². The molecule has 0 saturated carbocycles. The Morgan fingerprint density at radius 2 is 1.39 bits per heavy atom. The van der Waals surface area contributed by atoms with Gasteiger partial charge in [-0.05, 0) is 0 Å². The Morgan fingerprint density at radius 3 is 1.86 bits per heavy atom. The molecular formula is C24H28Cl2HfSi. The Labute approximate surface area is 190 Å². The summed E-state index contributed by atoms with van der Waals surface area (Å²) in [5, 5.41) is 0. The summed E-state index contributed by atoms with van der Waals surface area (Å²) < 4.78 is 2.71. The van der Waals surface area contributed by atoms with Gasteiger partial charge >= 0.3 is 167 Å². The first-order valence-electron chi connectivity index (χ1n) is 9.94. The molecule has 0 spiro atoms. The Kier molecular flexibility index (Phi) is 8.58. The van der Waals surface area contributed by atoms with Gasteiger partial charge in [-0.25, -0.2) is 0 Å². The van der Waals surface area contributed by atoms with E-state index in [1.54, 1.807) is 16.7 Å². The SMILES string of the molecule is CCC1=[C]([Hf+2]([CH]2c3ccccc3-c3ccccc32)=[Si](C)C)C(CC)C=C1.[Cl-].[Cl-]. The van der Waals surface area contributed by atoms with Crippen molar-refractivity contribution in [3.05, 3.63) is 80.7 Å². The van der Waals surface area contributed by atoms with Gasteiger partial charge in [0.1, 0.15) is 0 Å². The zero-order valence-corrected chi connectivity index (χ0v) is 23.2. The van der Waals surface area contributed by atoms with Crippen molar-refractivity contribution < 1.29 is 44.9 Å². The van der Waals surface area contributed by atoms with E-state index in [9.17, 15) is 0 Å². The fourth-order valence-corrected chi connectivity index (χ4v) is 33.2. The summed E-state index contributed by atoms with van der Waals surface area (Å²) in [6, 6.07) is 18.5. The average molecular weight is 594 g/mol. The van der Waals surface area contributed by atoms with Crippen LogP contribution in [0.25, 0.3) is 11.1 Å². The quantitative estimate of drug-likeness (QED) is 0.463. The maximum Gasteiger partial charge on any atom is -1.00 e. The molecule has 2 aromatic rings. The number of allylic oxidation sites excluding steroid dienone is 4. The zero-order chi connectivity index (χ0) is 18.3. The van der Waals surface area contributed by atoms with Crippen molar-refractivity contribution in [3.63, 3.8) is 0 Å².